The minimum atomic E-state index is 0.0453. The van der Waals surface area contributed by atoms with Crippen LogP contribution < -0.4 is 5.32 Å². The van der Waals surface area contributed by atoms with Gasteiger partial charge in [0.1, 0.15) is 5.75 Å². The Morgan fingerprint density at radius 1 is 1.39 bits per heavy atom. The molecule has 0 amide bonds. The van der Waals surface area contributed by atoms with Gasteiger partial charge in [-0.25, -0.2) is 0 Å². The Hall–Kier alpha value is -0.620. The summed E-state index contributed by atoms with van der Waals surface area (Å²) in [6.45, 7) is 3.70. The molecule has 1 rings (SSSR count). The van der Waals surface area contributed by atoms with Crippen LogP contribution in [0.15, 0.2) is 22.7 Å². The van der Waals surface area contributed by atoms with Crippen LogP contribution in [0, 0.1) is 0 Å². The summed E-state index contributed by atoms with van der Waals surface area (Å²) in [6.07, 6.45) is 0.879. The van der Waals surface area contributed by atoms with Crippen molar-refractivity contribution in [3.63, 3.8) is 0 Å². The van der Waals surface area contributed by atoms with Gasteiger partial charge in [0.25, 0.3) is 0 Å². The fourth-order valence-electron chi connectivity index (χ4n) is 1.75. The van der Waals surface area contributed by atoms with E-state index in [4.69, 9.17) is 9.84 Å². The third kappa shape index (κ3) is 4.94. The fourth-order valence-corrected chi connectivity index (χ4v) is 2.13. The molecule has 0 aliphatic carbocycles. The van der Waals surface area contributed by atoms with Crippen molar-refractivity contribution in [1.82, 2.24) is 5.32 Å². The predicted octanol–water partition coefficient (Wildman–Crippen LogP) is 2.20. The molecule has 0 aromatic heterocycles. The van der Waals surface area contributed by atoms with Crippen LogP contribution in [0.25, 0.3) is 0 Å². The second-order valence-electron chi connectivity index (χ2n) is 3.95. The second kappa shape index (κ2) is 8.48. The van der Waals surface area contributed by atoms with E-state index in [0.717, 1.165) is 16.5 Å². The minimum absolute atomic E-state index is 0.0453. The number of hydrogen-bond donors (Lipinski definition) is 3. The first-order valence-corrected chi connectivity index (χ1v) is 6.88. The van der Waals surface area contributed by atoms with Crippen LogP contribution in [0.1, 0.15) is 24.9 Å². The number of benzene rings is 1. The molecule has 0 fully saturated rings. The smallest absolute Gasteiger partial charge is 0.120 e. The Morgan fingerprint density at radius 3 is 2.83 bits per heavy atom. The van der Waals surface area contributed by atoms with Gasteiger partial charge in [-0.2, -0.15) is 0 Å². The Morgan fingerprint density at radius 2 is 2.17 bits per heavy atom. The van der Waals surface area contributed by atoms with Crippen molar-refractivity contribution in [1.29, 1.82) is 0 Å². The number of rotatable bonds is 8. The van der Waals surface area contributed by atoms with E-state index in [9.17, 15) is 5.11 Å². The lowest BCUT2D eigenvalue weighted by atomic mass is 10.0. The SMILES string of the molecule is CCC(NCCOCCO)c1cc(Br)ccc1O. The number of nitrogens with one attached hydrogen (secondary N) is 1. The summed E-state index contributed by atoms with van der Waals surface area (Å²) in [4.78, 5) is 0. The molecule has 0 heterocycles. The zero-order valence-electron chi connectivity index (χ0n) is 10.5. The first kappa shape index (κ1) is 15.4. The monoisotopic (exact) mass is 317 g/mol. The van der Waals surface area contributed by atoms with Crippen LogP contribution in [0.5, 0.6) is 5.75 Å². The third-order valence-corrected chi connectivity index (χ3v) is 3.14. The molecule has 1 atom stereocenters. The summed E-state index contributed by atoms with van der Waals surface area (Å²) in [5.41, 5.74) is 0.883. The van der Waals surface area contributed by atoms with Gasteiger partial charge in [0.05, 0.1) is 19.8 Å². The van der Waals surface area contributed by atoms with Gasteiger partial charge < -0.3 is 20.3 Å². The van der Waals surface area contributed by atoms with Crippen molar-refractivity contribution in [2.75, 3.05) is 26.4 Å². The summed E-state index contributed by atoms with van der Waals surface area (Å²) in [5, 5.41) is 21.8. The average molecular weight is 318 g/mol. The number of aliphatic hydroxyl groups excluding tert-OH is 1. The molecular weight excluding hydrogens is 298 g/mol. The lowest BCUT2D eigenvalue weighted by Crippen LogP contribution is -2.25. The summed E-state index contributed by atoms with van der Waals surface area (Å²) < 4.78 is 6.13. The molecule has 1 unspecified atom stereocenters. The van der Waals surface area contributed by atoms with Crippen LogP contribution in [-0.2, 0) is 4.74 Å². The first-order valence-electron chi connectivity index (χ1n) is 6.09. The molecule has 0 aliphatic heterocycles. The van der Waals surface area contributed by atoms with E-state index in [1.165, 1.54) is 0 Å². The first-order chi connectivity index (χ1) is 8.69. The molecule has 0 spiro atoms. The van der Waals surface area contributed by atoms with Gasteiger partial charge in [0.2, 0.25) is 0 Å². The number of aromatic hydroxyl groups is 1. The van der Waals surface area contributed by atoms with Gasteiger partial charge in [-0.05, 0) is 24.6 Å². The predicted molar refractivity (Wildman–Crippen MR) is 74.7 cm³/mol. The number of hydrogen-bond acceptors (Lipinski definition) is 4. The van der Waals surface area contributed by atoms with E-state index < -0.39 is 0 Å². The summed E-state index contributed by atoms with van der Waals surface area (Å²) in [6, 6.07) is 5.52. The standard InChI is InChI=1S/C13H20BrNO3/c1-2-12(15-5-7-18-8-6-16)11-9-10(14)3-4-13(11)17/h3-4,9,12,15-17H,2,5-8H2,1H3. The lowest BCUT2D eigenvalue weighted by molar-refractivity contribution is 0.0924. The Balaban J connectivity index is 2.52. The van der Waals surface area contributed by atoms with Crippen molar-refractivity contribution >= 4 is 15.9 Å². The highest BCUT2D eigenvalue weighted by Gasteiger charge is 2.13. The molecule has 0 saturated carbocycles. The van der Waals surface area contributed by atoms with Gasteiger partial charge in [-0.3, -0.25) is 0 Å². The maximum absolute atomic E-state index is 9.85. The lowest BCUT2D eigenvalue weighted by Gasteiger charge is -2.19. The maximum Gasteiger partial charge on any atom is 0.120 e. The molecule has 1 aromatic carbocycles. The number of phenols is 1. The molecular formula is C13H20BrNO3. The van der Waals surface area contributed by atoms with Gasteiger partial charge in [0, 0.05) is 22.6 Å². The normalized spacial score (nSPS) is 12.6. The third-order valence-electron chi connectivity index (χ3n) is 2.65. The molecule has 0 bridgehead atoms. The number of halogens is 1. The number of ether oxygens (including phenoxy) is 1. The Kier molecular flexibility index (Phi) is 7.27. The highest BCUT2D eigenvalue weighted by atomic mass is 79.9. The van der Waals surface area contributed by atoms with Gasteiger partial charge >= 0.3 is 0 Å². The highest BCUT2D eigenvalue weighted by Crippen LogP contribution is 2.29. The van der Waals surface area contributed by atoms with Crippen molar-refractivity contribution < 1.29 is 14.9 Å². The largest absolute Gasteiger partial charge is 0.508 e. The van der Waals surface area contributed by atoms with E-state index in [1.54, 1.807) is 6.07 Å². The fraction of sp³-hybridized carbons (Fsp3) is 0.538. The van der Waals surface area contributed by atoms with Crippen molar-refractivity contribution in [2.45, 2.75) is 19.4 Å². The van der Waals surface area contributed by atoms with Crippen LogP contribution in [-0.4, -0.2) is 36.6 Å². The van der Waals surface area contributed by atoms with Crippen LogP contribution in [0.2, 0.25) is 0 Å². The maximum atomic E-state index is 9.85. The second-order valence-corrected chi connectivity index (χ2v) is 4.87. The Labute approximate surface area is 116 Å². The zero-order valence-corrected chi connectivity index (χ0v) is 12.1. The molecule has 5 heteroatoms. The quantitative estimate of drug-likeness (QED) is 0.643. The highest BCUT2D eigenvalue weighted by molar-refractivity contribution is 9.10. The van der Waals surface area contributed by atoms with E-state index >= 15 is 0 Å². The van der Waals surface area contributed by atoms with Crippen LogP contribution >= 0.6 is 15.9 Å². The van der Waals surface area contributed by atoms with Gasteiger partial charge in [0.15, 0.2) is 0 Å². The van der Waals surface area contributed by atoms with Gasteiger partial charge in [-0.15, -0.1) is 0 Å². The molecule has 4 nitrogen and oxygen atoms in total. The minimum Gasteiger partial charge on any atom is -0.508 e. The molecule has 3 N–H and O–H groups in total. The van der Waals surface area contributed by atoms with E-state index in [-0.39, 0.29) is 12.6 Å². The summed E-state index contributed by atoms with van der Waals surface area (Å²) in [7, 11) is 0. The van der Waals surface area contributed by atoms with Gasteiger partial charge in [-0.1, -0.05) is 22.9 Å². The van der Waals surface area contributed by atoms with E-state index in [1.807, 2.05) is 12.1 Å². The van der Waals surface area contributed by atoms with E-state index in [0.29, 0.717) is 25.5 Å². The van der Waals surface area contributed by atoms with E-state index in [2.05, 4.69) is 28.2 Å². The molecule has 0 aliphatic rings. The Bertz CT molecular complexity index is 360. The van der Waals surface area contributed by atoms with Crippen molar-refractivity contribution in [3.8, 4) is 5.75 Å². The van der Waals surface area contributed by atoms with Crippen LogP contribution in [0.3, 0.4) is 0 Å². The molecule has 18 heavy (non-hydrogen) atoms. The number of aliphatic hydroxyl groups is 1. The molecule has 102 valence electrons. The summed E-state index contributed by atoms with van der Waals surface area (Å²) in [5.74, 6) is 0.300. The number of phenolic OH excluding ortho intramolecular Hbond substituents is 1. The van der Waals surface area contributed by atoms with Crippen molar-refractivity contribution in [2.24, 2.45) is 0 Å². The summed E-state index contributed by atoms with van der Waals surface area (Å²) >= 11 is 3.40. The molecule has 0 saturated heterocycles. The van der Waals surface area contributed by atoms with Crippen molar-refractivity contribution in [3.05, 3.63) is 28.2 Å². The van der Waals surface area contributed by atoms with Crippen LogP contribution in [0.4, 0.5) is 0 Å². The average Bonchev–Trinajstić information content (AvgIpc) is 2.37. The zero-order chi connectivity index (χ0) is 13.4. The molecule has 1 aromatic rings. The molecule has 0 radical (unpaired) electrons. The topological polar surface area (TPSA) is 61.7 Å².